The summed E-state index contributed by atoms with van der Waals surface area (Å²) in [4.78, 5) is 4.00. The molecule has 114 valence electrons. The maximum absolute atomic E-state index is 13.4. The van der Waals surface area contributed by atoms with Gasteiger partial charge in [0, 0.05) is 27.2 Å². The van der Waals surface area contributed by atoms with Gasteiger partial charge in [0.15, 0.2) is 5.96 Å². The highest BCUT2D eigenvalue weighted by molar-refractivity contribution is 14.0. The number of benzene rings is 1. The van der Waals surface area contributed by atoms with Gasteiger partial charge in [-0.1, -0.05) is 0 Å². The van der Waals surface area contributed by atoms with Crippen molar-refractivity contribution in [1.29, 1.82) is 0 Å². The van der Waals surface area contributed by atoms with Crippen molar-refractivity contribution in [2.45, 2.75) is 6.42 Å². The second-order valence-corrected chi connectivity index (χ2v) is 3.90. The number of aliphatic imine (C=N–C) groups is 1. The summed E-state index contributed by atoms with van der Waals surface area (Å²) >= 11 is 0. The van der Waals surface area contributed by atoms with Gasteiger partial charge in [-0.15, -0.1) is 24.0 Å². The summed E-state index contributed by atoms with van der Waals surface area (Å²) in [6.45, 7) is 1.66. The first-order chi connectivity index (χ1) is 9.17. The molecular weight excluding hydrogens is 379 g/mol. The molecule has 4 nitrogen and oxygen atoms in total. The second-order valence-electron chi connectivity index (χ2n) is 3.90. The number of hydrogen-bond acceptors (Lipinski definition) is 2. The number of halogens is 3. The van der Waals surface area contributed by atoms with Crippen molar-refractivity contribution in [2.24, 2.45) is 4.99 Å². The van der Waals surface area contributed by atoms with Crippen LogP contribution in [0.5, 0.6) is 0 Å². The van der Waals surface area contributed by atoms with Crippen LogP contribution >= 0.6 is 24.0 Å². The lowest BCUT2D eigenvalue weighted by molar-refractivity contribution is 0.203. The maximum atomic E-state index is 13.4. The fourth-order valence-corrected chi connectivity index (χ4v) is 1.54. The first-order valence-electron chi connectivity index (χ1n) is 6.04. The highest BCUT2D eigenvalue weighted by Crippen LogP contribution is 2.09. The van der Waals surface area contributed by atoms with Crippen LogP contribution in [-0.4, -0.2) is 39.8 Å². The van der Waals surface area contributed by atoms with Crippen LogP contribution < -0.4 is 10.6 Å². The average molecular weight is 399 g/mol. The van der Waals surface area contributed by atoms with Crippen molar-refractivity contribution in [2.75, 3.05) is 33.9 Å². The number of nitrogens with zero attached hydrogens (tertiary/aromatic N) is 1. The molecule has 0 saturated carbocycles. The third-order valence-electron chi connectivity index (χ3n) is 2.52. The molecule has 0 aliphatic carbocycles. The quantitative estimate of drug-likeness (QED) is 0.333. The van der Waals surface area contributed by atoms with E-state index in [2.05, 4.69) is 15.6 Å². The first-order valence-corrected chi connectivity index (χ1v) is 6.04. The molecule has 0 radical (unpaired) electrons. The summed E-state index contributed by atoms with van der Waals surface area (Å²) in [5.74, 6) is -0.224. The summed E-state index contributed by atoms with van der Waals surface area (Å²) in [6, 6.07) is 3.45. The Hall–Kier alpha value is -0.960. The molecule has 7 heteroatoms. The van der Waals surface area contributed by atoms with Crippen molar-refractivity contribution in [3.05, 3.63) is 35.4 Å². The predicted octanol–water partition coefficient (Wildman–Crippen LogP) is 1.94. The Morgan fingerprint density at radius 3 is 2.60 bits per heavy atom. The van der Waals surface area contributed by atoms with Crippen LogP contribution in [0.15, 0.2) is 23.2 Å². The smallest absolute Gasteiger partial charge is 0.191 e. The van der Waals surface area contributed by atoms with Gasteiger partial charge in [-0.05, 0) is 30.2 Å². The zero-order valence-corrected chi connectivity index (χ0v) is 13.9. The summed E-state index contributed by atoms with van der Waals surface area (Å²) in [7, 11) is 3.26. The minimum Gasteiger partial charge on any atom is -0.383 e. The highest BCUT2D eigenvalue weighted by Gasteiger charge is 2.04. The van der Waals surface area contributed by atoms with E-state index in [9.17, 15) is 8.78 Å². The van der Waals surface area contributed by atoms with Crippen molar-refractivity contribution < 1.29 is 13.5 Å². The predicted molar refractivity (Wildman–Crippen MR) is 86.7 cm³/mol. The topological polar surface area (TPSA) is 45.7 Å². The molecule has 0 atom stereocenters. The van der Waals surface area contributed by atoms with Crippen molar-refractivity contribution in [1.82, 2.24) is 10.6 Å². The van der Waals surface area contributed by atoms with E-state index >= 15 is 0 Å². The number of ether oxygens (including phenoxy) is 1. The second kappa shape index (κ2) is 10.8. The van der Waals surface area contributed by atoms with Crippen LogP contribution in [0.25, 0.3) is 0 Å². The standard InChI is InChI=1S/C13H19F2N3O.HI/c1-16-13(18-7-8-19-2)17-6-5-10-9-11(14)3-4-12(10)15;/h3-4,9H,5-8H2,1-2H3,(H2,16,17,18);1H. The lowest BCUT2D eigenvalue weighted by atomic mass is 10.1. The Morgan fingerprint density at radius 1 is 1.25 bits per heavy atom. The Balaban J connectivity index is 0.00000361. The highest BCUT2D eigenvalue weighted by atomic mass is 127. The van der Waals surface area contributed by atoms with E-state index in [0.29, 0.717) is 37.6 Å². The number of guanidine groups is 1. The van der Waals surface area contributed by atoms with Gasteiger partial charge < -0.3 is 15.4 Å². The molecule has 0 aromatic heterocycles. The van der Waals surface area contributed by atoms with Gasteiger partial charge in [0.1, 0.15) is 11.6 Å². The van der Waals surface area contributed by atoms with Gasteiger partial charge in [-0.3, -0.25) is 4.99 Å². The SMILES string of the molecule is CN=C(NCCOC)NCCc1cc(F)ccc1F.I. The van der Waals surface area contributed by atoms with Gasteiger partial charge in [-0.2, -0.15) is 0 Å². The van der Waals surface area contributed by atoms with E-state index in [-0.39, 0.29) is 24.0 Å². The minimum atomic E-state index is -0.431. The Bertz CT molecular complexity index is 430. The molecule has 0 amide bonds. The third kappa shape index (κ3) is 6.99. The van der Waals surface area contributed by atoms with Crippen LogP contribution in [0.2, 0.25) is 0 Å². The largest absolute Gasteiger partial charge is 0.383 e. The van der Waals surface area contributed by atoms with Gasteiger partial charge in [0.2, 0.25) is 0 Å². The summed E-state index contributed by atoms with van der Waals surface area (Å²) in [5, 5.41) is 6.05. The molecule has 1 aromatic carbocycles. The van der Waals surface area contributed by atoms with E-state index in [0.717, 1.165) is 12.1 Å². The third-order valence-corrected chi connectivity index (χ3v) is 2.52. The van der Waals surface area contributed by atoms with Crippen molar-refractivity contribution in [3.63, 3.8) is 0 Å². The molecule has 20 heavy (non-hydrogen) atoms. The monoisotopic (exact) mass is 399 g/mol. The van der Waals surface area contributed by atoms with E-state index in [1.807, 2.05) is 0 Å². The van der Waals surface area contributed by atoms with Gasteiger partial charge in [0.05, 0.1) is 6.61 Å². The van der Waals surface area contributed by atoms with Gasteiger partial charge in [-0.25, -0.2) is 8.78 Å². The van der Waals surface area contributed by atoms with Crippen molar-refractivity contribution >= 4 is 29.9 Å². The average Bonchev–Trinajstić information content (AvgIpc) is 2.41. The lowest BCUT2D eigenvalue weighted by Crippen LogP contribution is -2.39. The summed E-state index contributed by atoms with van der Waals surface area (Å²) < 4.78 is 31.2. The zero-order valence-electron chi connectivity index (χ0n) is 11.6. The fraction of sp³-hybridized carbons (Fsp3) is 0.462. The molecular formula is C13H20F2IN3O. The van der Waals surface area contributed by atoms with Crippen LogP contribution in [0.1, 0.15) is 5.56 Å². The number of hydrogen-bond donors (Lipinski definition) is 2. The number of nitrogens with one attached hydrogen (secondary N) is 2. The van der Waals surface area contributed by atoms with Crippen LogP contribution in [-0.2, 0) is 11.2 Å². The Kier molecular flexibility index (Phi) is 10.3. The van der Waals surface area contributed by atoms with E-state index in [1.54, 1.807) is 14.2 Å². The van der Waals surface area contributed by atoms with Crippen LogP contribution in [0, 0.1) is 11.6 Å². The number of rotatable bonds is 6. The fourth-order valence-electron chi connectivity index (χ4n) is 1.54. The molecule has 0 aliphatic rings. The molecule has 0 heterocycles. The minimum absolute atomic E-state index is 0. The van der Waals surface area contributed by atoms with Gasteiger partial charge in [0.25, 0.3) is 0 Å². The zero-order chi connectivity index (χ0) is 14.1. The molecule has 1 rings (SSSR count). The molecule has 2 N–H and O–H groups in total. The van der Waals surface area contributed by atoms with E-state index in [1.165, 1.54) is 6.07 Å². The first kappa shape index (κ1) is 19.0. The van der Waals surface area contributed by atoms with Crippen LogP contribution in [0.3, 0.4) is 0 Å². The molecule has 0 unspecified atom stereocenters. The maximum Gasteiger partial charge on any atom is 0.191 e. The van der Waals surface area contributed by atoms with E-state index in [4.69, 9.17) is 4.74 Å². The van der Waals surface area contributed by atoms with Crippen molar-refractivity contribution in [3.8, 4) is 0 Å². The molecule has 1 aromatic rings. The molecule has 0 bridgehead atoms. The van der Waals surface area contributed by atoms with Crippen LogP contribution in [0.4, 0.5) is 8.78 Å². The molecule has 0 spiro atoms. The Morgan fingerprint density at radius 2 is 1.95 bits per heavy atom. The summed E-state index contributed by atoms with van der Waals surface area (Å²) in [6.07, 6.45) is 0.384. The lowest BCUT2D eigenvalue weighted by Gasteiger charge is -2.11. The normalized spacial score (nSPS) is 10.9. The van der Waals surface area contributed by atoms with Gasteiger partial charge >= 0.3 is 0 Å². The molecule has 0 aliphatic heterocycles. The summed E-state index contributed by atoms with van der Waals surface area (Å²) in [5.41, 5.74) is 0.347. The Labute approximate surface area is 135 Å². The molecule has 0 saturated heterocycles. The van der Waals surface area contributed by atoms with E-state index < -0.39 is 11.6 Å². The number of methoxy groups -OCH3 is 1. The molecule has 0 fully saturated rings.